The van der Waals surface area contributed by atoms with E-state index in [2.05, 4.69) is 79.9 Å². The van der Waals surface area contributed by atoms with Crippen molar-refractivity contribution in [3.05, 3.63) is 60.8 Å². The number of aliphatic hydroxyl groups excluding tert-OH is 5. The molecule has 9 heteroatoms. The van der Waals surface area contributed by atoms with Crippen molar-refractivity contribution in [1.29, 1.82) is 0 Å². The Labute approximate surface area is 335 Å². The molecule has 1 heterocycles. The summed E-state index contributed by atoms with van der Waals surface area (Å²) in [6.07, 6.45) is 39.6. The fourth-order valence-corrected chi connectivity index (χ4v) is 6.50. The predicted molar refractivity (Wildman–Crippen MR) is 226 cm³/mol. The van der Waals surface area contributed by atoms with Crippen molar-refractivity contribution in [3.8, 4) is 0 Å². The van der Waals surface area contributed by atoms with Gasteiger partial charge in [-0.2, -0.15) is 0 Å². The van der Waals surface area contributed by atoms with E-state index in [-0.39, 0.29) is 18.9 Å². The van der Waals surface area contributed by atoms with Crippen molar-refractivity contribution in [3.63, 3.8) is 0 Å². The van der Waals surface area contributed by atoms with Crippen molar-refractivity contribution in [2.45, 2.75) is 211 Å². The van der Waals surface area contributed by atoms with Crippen LogP contribution in [0.1, 0.15) is 168 Å². The van der Waals surface area contributed by atoms with Crippen LogP contribution in [0.4, 0.5) is 0 Å². The molecule has 0 radical (unpaired) electrons. The second kappa shape index (κ2) is 36.2. The van der Waals surface area contributed by atoms with E-state index in [1.807, 2.05) is 0 Å². The van der Waals surface area contributed by atoms with Crippen LogP contribution in [0.3, 0.4) is 0 Å². The van der Waals surface area contributed by atoms with Gasteiger partial charge in [-0.1, -0.05) is 145 Å². The van der Waals surface area contributed by atoms with Crippen LogP contribution >= 0.6 is 0 Å². The topological polar surface area (TPSA) is 149 Å². The van der Waals surface area contributed by atoms with E-state index in [1.165, 1.54) is 83.5 Å². The lowest BCUT2D eigenvalue weighted by Gasteiger charge is -2.40. The molecule has 1 aliphatic rings. The fraction of sp³-hybridized carbons (Fsp3) is 0.761. The highest BCUT2D eigenvalue weighted by atomic mass is 16.7. The minimum atomic E-state index is -1.57. The molecular weight excluding hydrogens is 695 g/mol. The number of unbranched alkanes of at least 4 members (excludes halogenated alkanes) is 15. The zero-order valence-corrected chi connectivity index (χ0v) is 34.7. The average Bonchev–Trinajstić information content (AvgIpc) is 3.18. The Bertz CT molecular complexity index is 1040. The summed E-state index contributed by atoms with van der Waals surface area (Å²) in [5, 5.41) is 54.1. The Morgan fingerprint density at radius 1 is 0.618 bits per heavy atom. The Morgan fingerprint density at radius 2 is 1.07 bits per heavy atom. The summed E-state index contributed by atoms with van der Waals surface area (Å²) in [6.45, 7) is 3.73. The zero-order valence-electron chi connectivity index (χ0n) is 34.7. The number of nitrogens with one attached hydrogen (secondary N) is 1. The molecule has 318 valence electrons. The van der Waals surface area contributed by atoms with Crippen LogP contribution in [0, 0.1) is 0 Å². The number of amides is 1. The van der Waals surface area contributed by atoms with Gasteiger partial charge in [-0.05, 0) is 77.0 Å². The largest absolute Gasteiger partial charge is 0.394 e. The third kappa shape index (κ3) is 27.2. The van der Waals surface area contributed by atoms with Gasteiger partial charge in [-0.25, -0.2) is 0 Å². The first-order valence-electron chi connectivity index (χ1n) is 22.0. The van der Waals surface area contributed by atoms with Crippen molar-refractivity contribution in [2.75, 3.05) is 13.2 Å². The van der Waals surface area contributed by atoms with Gasteiger partial charge < -0.3 is 40.3 Å². The summed E-state index contributed by atoms with van der Waals surface area (Å²) < 4.78 is 11.2. The zero-order chi connectivity index (χ0) is 40.2. The predicted octanol–water partition coefficient (Wildman–Crippen LogP) is 8.83. The number of hydrogen-bond acceptors (Lipinski definition) is 8. The first-order valence-corrected chi connectivity index (χ1v) is 22.0. The van der Waals surface area contributed by atoms with E-state index < -0.39 is 49.5 Å². The van der Waals surface area contributed by atoms with Crippen molar-refractivity contribution in [2.24, 2.45) is 0 Å². The van der Waals surface area contributed by atoms with Crippen LogP contribution < -0.4 is 5.32 Å². The molecular formula is C46H81NO8. The molecule has 0 aromatic heterocycles. The summed E-state index contributed by atoms with van der Waals surface area (Å²) in [6, 6.07) is -0.765. The molecule has 1 rings (SSSR count). The van der Waals surface area contributed by atoms with Crippen LogP contribution in [0.15, 0.2) is 60.8 Å². The second-order valence-electron chi connectivity index (χ2n) is 15.1. The van der Waals surface area contributed by atoms with E-state index in [0.717, 1.165) is 51.4 Å². The summed E-state index contributed by atoms with van der Waals surface area (Å²) >= 11 is 0. The van der Waals surface area contributed by atoms with Crippen LogP contribution in [-0.2, 0) is 14.3 Å². The molecule has 1 amide bonds. The molecule has 0 saturated carbocycles. The van der Waals surface area contributed by atoms with E-state index in [1.54, 1.807) is 0 Å². The lowest BCUT2D eigenvalue weighted by atomic mass is 9.99. The monoisotopic (exact) mass is 776 g/mol. The molecule has 55 heavy (non-hydrogen) atoms. The molecule has 6 N–H and O–H groups in total. The molecule has 9 nitrogen and oxygen atoms in total. The van der Waals surface area contributed by atoms with Gasteiger partial charge in [-0.15, -0.1) is 0 Å². The molecule has 0 aromatic carbocycles. The number of carbonyl (C=O) groups excluding carboxylic acids is 1. The Morgan fingerprint density at radius 3 is 1.60 bits per heavy atom. The van der Waals surface area contributed by atoms with Gasteiger partial charge in [0, 0.05) is 6.42 Å². The molecule has 1 fully saturated rings. The first-order chi connectivity index (χ1) is 26.8. The minimum Gasteiger partial charge on any atom is -0.394 e. The fourth-order valence-electron chi connectivity index (χ4n) is 6.50. The Balaban J connectivity index is 2.40. The molecule has 1 saturated heterocycles. The molecule has 2 unspecified atom stereocenters. The maximum atomic E-state index is 12.9. The minimum absolute atomic E-state index is 0.176. The van der Waals surface area contributed by atoms with Crippen molar-refractivity contribution >= 4 is 5.91 Å². The highest BCUT2D eigenvalue weighted by molar-refractivity contribution is 5.76. The molecule has 1 aliphatic heterocycles. The lowest BCUT2D eigenvalue weighted by Crippen LogP contribution is -2.60. The smallest absolute Gasteiger partial charge is 0.220 e. The summed E-state index contributed by atoms with van der Waals surface area (Å²) in [5.41, 5.74) is 0. The van der Waals surface area contributed by atoms with Crippen molar-refractivity contribution < 1.29 is 39.8 Å². The van der Waals surface area contributed by atoms with E-state index in [0.29, 0.717) is 12.8 Å². The third-order valence-corrected chi connectivity index (χ3v) is 10.1. The van der Waals surface area contributed by atoms with E-state index >= 15 is 0 Å². The number of allylic oxidation sites excluding steroid dienone is 10. The van der Waals surface area contributed by atoms with E-state index in [4.69, 9.17) is 9.47 Å². The molecule has 0 spiro atoms. The quantitative estimate of drug-likeness (QED) is 0.0277. The maximum Gasteiger partial charge on any atom is 0.220 e. The Kier molecular flexibility index (Phi) is 33.5. The van der Waals surface area contributed by atoms with Crippen LogP contribution in [-0.4, -0.2) is 87.5 Å². The van der Waals surface area contributed by atoms with Gasteiger partial charge in [-0.3, -0.25) is 4.79 Å². The van der Waals surface area contributed by atoms with Crippen LogP contribution in [0.2, 0.25) is 0 Å². The normalized spacial score (nSPS) is 21.9. The highest BCUT2D eigenvalue weighted by Crippen LogP contribution is 2.23. The van der Waals surface area contributed by atoms with E-state index in [9.17, 15) is 30.3 Å². The van der Waals surface area contributed by atoms with Crippen LogP contribution in [0.25, 0.3) is 0 Å². The summed E-state index contributed by atoms with van der Waals surface area (Å²) in [4.78, 5) is 12.9. The highest BCUT2D eigenvalue weighted by Gasteiger charge is 2.44. The molecule has 7 atom stereocenters. The summed E-state index contributed by atoms with van der Waals surface area (Å²) in [7, 11) is 0. The number of hydrogen-bond donors (Lipinski definition) is 6. The lowest BCUT2D eigenvalue weighted by molar-refractivity contribution is -0.302. The number of ether oxygens (including phenoxy) is 2. The average molecular weight is 776 g/mol. The van der Waals surface area contributed by atoms with Gasteiger partial charge in [0.15, 0.2) is 6.29 Å². The SMILES string of the molecule is CCCCCCC/C=C/CCCC[C@@H](O)[C@H](CO[C@H]1O[C@@H](CO)[C@H](O)C(O)C1O)NC(=O)CCC/C=C/C/C=C/C/C=C/C/C=C/CCCCCCCCC. The molecule has 0 aliphatic carbocycles. The third-order valence-electron chi connectivity index (χ3n) is 10.1. The van der Waals surface area contributed by atoms with Gasteiger partial charge in [0.25, 0.3) is 0 Å². The van der Waals surface area contributed by atoms with Gasteiger partial charge in [0.2, 0.25) is 5.91 Å². The van der Waals surface area contributed by atoms with Gasteiger partial charge in [0.1, 0.15) is 24.4 Å². The first kappa shape index (κ1) is 50.9. The molecule has 0 aromatic rings. The number of aliphatic hydroxyl groups is 5. The van der Waals surface area contributed by atoms with Crippen LogP contribution in [0.5, 0.6) is 0 Å². The number of rotatable bonds is 35. The molecule has 0 bridgehead atoms. The standard InChI is InChI=1S/C46H81NO8/c1-3-5-7-9-11-13-15-16-17-18-19-20-21-22-23-24-26-28-30-32-34-36-42(50)47-39(38-54-46-45(53)44(52)43(51)41(37-48)55-46)40(49)35-33-31-29-27-25-14-12-10-8-6-4-2/h17-18,20-21,23-25,27-28,30,39-41,43-46,48-49,51-53H,3-16,19,22,26,29,31-38H2,1-2H3,(H,47,50)/b18-17+,21-20+,24-23+,27-25+,30-28+/t39-,40+,41-,43-,44?,45?,46-/m0/s1. The maximum absolute atomic E-state index is 12.9. The second-order valence-corrected chi connectivity index (χ2v) is 15.1. The number of carbonyl (C=O) groups is 1. The Hall–Kier alpha value is -2.11. The van der Waals surface area contributed by atoms with Gasteiger partial charge in [0.05, 0.1) is 25.4 Å². The summed E-state index contributed by atoms with van der Waals surface area (Å²) in [5.74, 6) is -0.212. The van der Waals surface area contributed by atoms with Gasteiger partial charge >= 0.3 is 0 Å². The van der Waals surface area contributed by atoms with Crippen molar-refractivity contribution in [1.82, 2.24) is 5.32 Å².